The average molecular weight is 280 g/mol. The number of hydrogen-bond acceptors (Lipinski definition) is 2. The Labute approximate surface area is 117 Å². The number of nitrogens with zero attached hydrogens (tertiary/aromatic N) is 1. The summed E-state index contributed by atoms with van der Waals surface area (Å²) >= 11 is 0. The van der Waals surface area contributed by atoms with Crippen LogP contribution < -0.4 is 0 Å². The third-order valence-electron chi connectivity index (χ3n) is 2.68. The number of aryl methyl sites for hydroxylation is 1. The van der Waals surface area contributed by atoms with E-state index in [2.05, 4.69) is 0 Å². The molecule has 0 fully saturated rings. The number of rotatable bonds is 3. The fourth-order valence-electron chi connectivity index (χ4n) is 1.75. The lowest BCUT2D eigenvalue weighted by Crippen LogP contribution is -2.16. The first-order valence-corrected chi connectivity index (χ1v) is 5.57. The maximum absolute atomic E-state index is 12.2. The number of aliphatic carboxylic acids is 1. The summed E-state index contributed by atoms with van der Waals surface area (Å²) in [5, 5.41) is 8.77. The average Bonchev–Trinajstić information content (AvgIpc) is 2.76. The van der Waals surface area contributed by atoms with Crippen molar-refractivity contribution in [2.24, 2.45) is 0 Å². The summed E-state index contributed by atoms with van der Waals surface area (Å²) in [5.74, 6) is -1.16. The van der Waals surface area contributed by atoms with Gasteiger partial charge in [0.05, 0.1) is 6.42 Å². The number of aromatic nitrogens is 1. The van der Waals surface area contributed by atoms with Crippen molar-refractivity contribution in [2.45, 2.75) is 13.3 Å². The molecule has 0 radical (unpaired) electrons. The summed E-state index contributed by atoms with van der Waals surface area (Å²) in [5.41, 5.74) is 2.10. The molecule has 2 aromatic rings. The number of carboxylic acid groups (broad SMARTS) is 1. The van der Waals surface area contributed by atoms with E-state index in [9.17, 15) is 9.59 Å². The maximum Gasteiger partial charge on any atom is 0.309 e. The maximum atomic E-state index is 12.2. The van der Waals surface area contributed by atoms with Crippen LogP contribution in [-0.2, 0) is 11.2 Å². The minimum atomic E-state index is -0.952. The van der Waals surface area contributed by atoms with E-state index in [1.54, 1.807) is 30.5 Å². The molecule has 5 heteroatoms. The van der Waals surface area contributed by atoms with Crippen molar-refractivity contribution in [3.8, 4) is 0 Å². The van der Waals surface area contributed by atoms with Crippen LogP contribution in [0.25, 0.3) is 0 Å². The van der Waals surface area contributed by atoms with E-state index in [-0.39, 0.29) is 24.7 Å². The molecule has 0 saturated heterocycles. The Morgan fingerprint density at radius 2 is 1.79 bits per heavy atom. The first kappa shape index (κ1) is 15.0. The van der Waals surface area contributed by atoms with Crippen LogP contribution in [-0.4, -0.2) is 21.6 Å². The molecule has 19 heavy (non-hydrogen) atoms. The molecular weight excluding hydrogens is 266 g/mol. The van der Waals surface area contributed by atoms with Crippen LogP contribution in [0.2, 0.25) is 0 Å². The number of halogens is 1. The minimum Gasteiger partial charge on any atom is -0.481 e. The normalized spacial score (nSPS) is 9.74. The smallest absolute Gasteiger partial charge is 0.309 e. The lowest BCUT2D eigenvalue weighted by molar-refractivity contribution is -0.136. The Morgan fingerprint density at radius 3 is 2.37 bits per heavy atom. The van der Waals surface area contributed by atoms with Gasteiger partial charge in [-0.05, 0) is 31.2 Å². The molecular formula is C14H14ClNO3. The van der Waals surface area contributed by atoms with Crippen molar-refractivity contribution in [2.75, 3.05) is 0 Å². The summed E-state index contributed by atoms with van der Waals surface area (Å²) in [6.45, 7) is 1.94. The van der Waals surface area contributed by atoms with Gasteiger partial charge in [-0.3, -0.25) is 14.2 Å². The lowest BCUT2D eigenvalue weighted by Gasteiger charge is -2.06. The van der Waals surface area contributed by atoms with Gasteiger partial charge in [-0.25, -0.2) is 0 Å². The zero-order valence-corrected chi connectivity index (χ0v) is 11.2. The third-order valence-corrected chi connectivity index (χ3v) is 2.68. The zero-order valence-electron chi connectivity index (χ0n) is 10.4. The van der Waals surface area contributed by atoms with Gasteiger partial charge in [-0.1, -0.05) is 17.7 Å². The number of benzene rings is 1. The highest BCUT2D eigenvalue weighted by Gasteiger charge is 2.13. The van der Waals surface area contributed by atoms with Crippen LogP contribution in [0, 0.1) is 6.92 Å². The van der Waals surface area contributed by atoms with Crippen LogP contribution in [0.4, 0.5) is 0 Å². The van der Waals surface area contributed by atoms with Crippen LogP contribution in [0.15, 0.2) is 42.6 Å². The Kier molecular flexibility index (Phi) is 4.89. The lowest BCUT2D eigenvalue weighted by atomic mass is 10.1. The highest BCUT2D eigenvalue weighted by molar-refractivity contribution is 5.96. The summed E-state index contributed by atoms with van der Waals surface area (Å²) in [6, 6.07) is 10.5. The Morgan fingerprint density at radius 1 is 1.16 bits per heavy atom. The predicted octanol–water partition coefficient (Wildman–Crippen LogP) is 2.53. The van der Waals surface area contributed by atoms with Gasteiger partial charge in [-0.15, -0.1) is 12.4 Å². The number of carboxylic acids is 1. The van der Waals surface area contributed by atoms with E-state index >= 15 is 0 Å². The van der Waals surface area contributed by atoms with E-state index in [0.717, 1.165) is 5.56 Å². The Balaban J connectivity index is 0.00000180. The van der Waals surface area contributed by atoms with Crippen molar-refractivity contribution in [1.82, 2.24) is 4.57 Å². The molecule has 0 unspecified atom stereocenters. The van der Waals surface area contributed by atoms with Gasteiger partial charge < -0.3 is 5.11 Å². The molecule has 1 N–H and O–H groups in total. The Hall–Kier alpha value is -2.07. The van der Waals surface area contributed by atoms with Gasteiger partial charge in [0, 0.05) is 17.5 Å². The number of carbonyl (C=O) groups excluding carboxylic acids is 1. The Bertz CT molecular complexity index is 587. The topological polar surface area (TPSA) is 59.3 Å². The first-order valence-electron chi connectivity index (χ1n) is 5.57. The number of hydrogen-bond donors (Lipinski definition) is 1. The van der Waals surface area contributed by atoms with E-state index in [1.807, 2.05) is 19.1 Å². The van der Waals surface area contributed by atoms with Crippen LogP contribution in [0.3, 0.4) is 0 Å². The summed E-state index contributed by atoms with van der Waals surface area (Å²) in [4.78, 5) is 22.9. The fraction of sp³-hybridized carbons (Fsp3) is 0.143. The second-order valence-corrected chi connectivity index (χ2v) is 4.11. The van der Waals surface area contributed by atoms with Gasteiger partial charge >= 0.3 is 5.97 Å². The molecule has 0 atom stereocenters. The van der Waals surface area contributed by atoms with Gasteiger partial charge in [0.1, 0.15) is 0 Å². The van der Waals surface area contributed by atoms with Gasteiger partial charge in [0.25, 0.3) is 5.91 Å². The number of carbonyl (C=O) groups is 2. The molecule has 0 amide bonds. The minimum absolute atomic E-state index is 0. The molecule has 4 nitrogen and oxygen atoms in total. The molecule has 1 aromatic carbocycles. The van der Waals surface area contributed by atoms with Gasteiger partial charge in [0.15, 0.2) is 0 Å². The zero-order chi connectivity index (χ0) is 13.1. The van der Waals surface area contributed by atoms with Crippen LogP contribution in [0.5, 0.6) is 0 Å². The van der Waals surface area contributed by atoms with Gasteiger partial charge in [0.2, 0.25) is 0 Å². The summed E-state index contributed by atoms with van der Waals surface area (Å²) in [7, 11) is 0. The molecule has 0 aliphatic carbocycles. The molecule has 1 heterocycles. The molecule has 2 rings (SSSR count). The molecule has 100 valence electrons. The van der Waals surface area contributed by atoms with E-state index in [1.165, 1.54) is 4.57 Å². The van der Waals surface area contributed by atoms with Crippen molar-refractivity contribution in [1.29, 1.82) is 0 Å². The predicted molar refractivity (Wildman–Crippen MR) is 73.9 cm³/mol. The molecule has 0 saturated carbocycles. The van der Waals surface area contributed by atoms with Crippen molar-refractivity contribution in [3.05, 3.63) is 59.4 Å². The molecule has 0 bridgehead atoms. The van der Waals surface area contributed by atoms with Gasteiger partial charge in [-0.2, -0.15) is 0 Å². The molecule has 1 aromatic heterocycles. The van der Waals surface area contributed by atoms with E-state index in [4.69, 9.17) is 5.11 Å². The van der Waals surface area contributed by atoms with Crippen molar-refractivity contribution in [3.63, 3.8) is 0 Å². The fourth-order valence-corrected chi connectivity index (χ4v) is 1.75. The second-order valence-electron chi connectivity index (χ2n) is 4.11. The quantitative estimate of drug-likeness (QED) is 0.939. The third kappa shape index (κ3) is 3.45. The van der Waals surface area contributed by atoms with Crippen molar-refractivity contribution >= 4 is 24.3 Å². The highest BCUT2D eigenvalue weighted by Crippen LogP contribution is 2.10. The summed E-state index contributed by atoms with van der Waals surface area (Å²) in [6.07, 6.45) is 1.42. The first-order chi connectivity index (χ1) is 8.58. The van der Waals surface area contributed by atoms with E-state index in [0.29, 0.717) is 11.3 Å². The summed E-state index contributed by atoms with van der Waals surface area (Å²) < 4.78 is 1.37. The van der Waals surface area contributed by atoms with Crippen LogP contribution >= 0.6 is 12.4 Å². The van der Waals surface area contributed by atoms with Crippen LogP contribution in [0.1, 0.15) is 21.6 Å². The molecule has 0 aliphatic heterocycles. The monoisotopic (exact) mass is 279 g/mol. The second kappa shape index (κ2) is 6.20. The molecule has 0 aliphatic rings. The van der Waals surface area contributed by atoms with E-state index < -0.39 is 5.97 Å². The SMILES string of the molecule is Cc1ccc(C(=O)n2cccc2CC(=O)O)cc1.Cl. The largest absolute Gasteiger partial charge is 0.481 e. The highest BCUT2D eigenvalue weighted by atomic mass is 35.5. The van der Waals surface area contributed by atoms with Crippen molar-refractivity contribution < 1.29 is 14.7 Å². The molecule has 0 spiro atoms. The standard InChI is InChI=1S/C14H13NO3.ClH/c1-10-4-6-11(7-5-10)14(18)15-8-2-3-12(15)9-13(16)17;/h2-8H,9H2,1H3,(H,16,17);1H.